The van der Waals surface area contributed by atoms with Crippen LogP contribution >= 0.6 is 11.3 Å². The van der Waals surface area contributed by atoms with Crippen molar-refractivity contribution >= 4 is 23.2 Å². The van der Waals surface area contributed by atoms with E-state index in [9.17, 15) is 19.5 Å². The molecule has 0 bridgehead atoms. The lowest BCUT2D eigenvalue weighted by Gasteiger charge is -2.30. The number of H-pyrrole nitrogens is 1. The molecule has 4 rings (SSSR count). The highest BCUT2D eigenvalue weighted by Gasteiger charge is 2.44. The summed E-state index contributed by atoms with van der Waals surface area (Å²) in [5, 5.41) is 15.5. The number of benzene rings is 1. The molecule has 1 aliphatic heterocycles. The average molecular weight is 515 g/mol. The van der Waals surface area contributed by atoms with Crippen molar-refractivity contribution in [2.75, 3.05) is 13.7 Å². The van der Waals surface area contributed by atoms with Crippen LogP contribution < -0.4 is 10.9 Å². The van der Waals surface area contributed by atoms with Gasteiger partial charge in [0, 0.05) is 26.1 Å². The minimum absolute atomic E-state index is 0.00418. The van der Waals surface area contributed by atoms with Gasteiger partial charge in [0.25, 0.3) is 5.56 Å². The first-order valence-corrected chi connectivity index (χ1v) is 12.6. The maximum atomic E-state index is 13.5. The van der Waals surface area contributed by atoms with E-state index in [4.69, 9.17) is 9.26 Å². The summed E-state index contributed by atoms with van der Waals surface area (Å²) < 4.78 is 10.5. The van der Waals surface area contributed by atoms with E-state index in [1.807, 2.05) is 43.6 Å². The molecule has 1 fully saturated rings. The summed E-state index contributed by atoms with van der Waals surface area (Å²) in [7, 11) is 1.45. The first kappa shape index (κ1) is 25.8. The zero-order chi connectivity index (χ0) is 26.0. The highest BCUT2D eigenvalue weighted by molar-refractivity contribution is 7.13. The lowest BCUT2D eigenvalue weighted by atomic mass is 9.98. The van der Waals surface area contributed by atoms with Crippen LogP contribution in [0.2, 0.25) is 0 Å². The number of likely N-dealkylation sites (tertiary alicyclic amines) is 1. The van der Waals surface area contributed by atoms with Crippen molar-refractivity contribution < 1.29 is 24.0 Å². The van der Waals surface area contributed by atoms with Crippen molar-refractivity contribution in [1.29, 1.82) is 0 Å². The quantitative estimate of drug-likeness (QED) is 0.420. The van der Waals surface area contributed by atoms with Crippen molar-refractivity contribution in [3.05, 3.63) is 63.2 Å². The summed E-state index contributed by atoms with van der Waals surface area (Å²) in [6.45, 7) is 5.51. The maximum absolute atomic E-state index is 13.5. The lowest BCUT2D eigenvalue weighted by molar-refractivity contribution is -0.142. The van der Waals surface area contributed by atoms with E-state index in [-0.39, 0.29) is 30.7 Å². The summed E-state index contributed by atoms with van der Waals surface area (Å²) >= 11 is 1.58. The van der Waals surface area contributed by atoms with Crippen LogP contribution in [0, 0.1) is 6.92 Å². The van der Waals surface area contributed by atoms with Crippen LogP contribution in [0.4, 0.5) is 0 Å². The van der Waals surface area contributed by atoms with Gasteiger partial charge in [0.1, 0.15) is 12.0 Å². The van der Waals surface area contributed by atoms with E-state index in [1.54, 1.807) is 18.3 Å². The molecule has 1 aliphatic rings. The Labute approximate surface area is 212 Å². The fourth-order valence-corrected chi connectivity index (χ4v) is 5.33. The number of rotatable bonds is 8. The van der Waals surface area contributed by atoms with E-state index in [0.717, 1.165) is 21.7 Å². The van der Waals surface area contributed by atoms with Crippen LogP contribution in [-0.4, -0.2) is 63.9 Å². The van der Waals surface area contributed by atoms with Crippen LogP contribution in [0.3, 0.4) is 0 Å². The van der Waals surface area contributed by atoms with Gasteiger partial charge in [-0.15, -0.1) is 11.3 Å². The minimum Gasteiger partial charge on any atom is -0.391 e. The predicted molar refractivity (Wildman–Crippen MR) is 134 cm³/mol. The standard InChI is InChI=1S/C25H30N4O6S/c1-13(16-5-7-17(8-6-16)23-14(2)26-12-36-23)27-24(32)19-9-18(30)11-29(19)25(33)22(15(3)34-4)20-10-21(31)28-35-20/h5-8,10,12-13,15,18-19,22,30H,9,11H2,1-4H3,(H,27,32)(H,28,31)/t13-,15?,18+,19-,22?/m0/s1. The molecule has 11 heteroatoms. The molecule has 0 saturated carbocycles. The summed E-state index contributed by atoms with van der Waals surface area (Å²) in [6, 6.07) is 7.90. The zero-order valence-electron chi connectivity index (χ0n) is 20.6. The third-order valence-corrected chi connectivity index (χ3v) is 7.58. The second kappa shape index (κ2) is 10.8. The van der Waals surface area contributed by atoms with Gasteiger partial charge in [0.05, 0.1) is 34.3 Å². The summed E-state index contributed by atoms with van der Waals surface area (Å²) in [6.07, 6.45) is -1.37. The molecule has 0 radical (unpaired) electrons. The van der Waals surface area contributed by atoms with Crippen LogP contribution in [-0.2, 0) is 14.3 Å². The maximum Gasteiger partial charge on any atom is 0.280 e. The highest BCUT2D eigenvalue weighted by atomic mass is 32.1. The molecule has 3 aromatic rings. The topological polar surface area (TPSA) is 138 Å². The van der Waals surface area contributed by atoms with Crippen LogP contribution in [0.1, 0.15) is 49.2 Å². The molecule has 5 atom stereocenters. The molecule has 0 aliphatic carbocycles. The molecule has 1 aromatic carbocycles. The number of aromatic amines is 1. The number of amides is 2. The van der Waals surface area contributed by atoms with Gasteiger partial charge in [-0.2, -0.15) is 5.16 Å². The monoisotopic (exact) mass is 514 g/mol. The SMILES string of the molecule is COC(C)C(C(=O)N1C[C@H](O)C[C@H]1C(=O)N[C@@H](C)c1ccc(-c2scnc2C)cc1)c1cc(=O)[nH]o1. The number of aryl methyl sites for hydroxylation is 1. The number of aliphatic hydroxyl groups excluding tert-OH is 1. The molecule has 1 saturated heterocycles. The summed E-state index contributed by atoms with van der Waals surface area (Å²) in [5.41, 5.74) is 4.27. The van der Waals surface area contributed by atoms with Crippen molar-refractivity contribution in [2.45, 2.75) is 57.4 Å². The molecule has 192 valence electrons. The number of β-amino-alcohol motifs (C(OH)–C–C–N with tert-alkyl or cyclic N) is 1. The van der Waals surface area contributed by atoms with Crippen LogP contribution in [0.25, 0.3) is 10.4 Å². The minimum atomic E-state index is -0.949. The Morgan fingerprint density at radius 3 is 2.61 bits per heavy atom. The van der Waals surface area contributed by atoms with Gasteiger partial charge >= 0.3 is 0 Å². The van der Waals surface area contributed by atoms with Gasteiger partial charge in [0.2, 0.25) is 11.8 Å². The van der Waals surface area contributed by atoms with E-state index in [1.165, 1.54) is 18.1 Å². The van der Waals surface area contributed by atoms with Crippen molar-refractivity contribution in [2.24, 2.45) is 0 Å². The number of nitrogens with zero attached hydrogens (tertiary/aromatic N) is 2. The fraction of sp³-hybridized carbons (Fsp3) is 0.440. The predicted octanol–water partition coefficient (Wildman–Crippen LogP) is 2.36. The third kappa shape index (κ3) is 5.28. The number of ether oxygens (including phenoxy) is 1. The summed E-state index contributed by atoms with van der Waals surface area (Å²) in [4.78, 5) is 45.1. The first-order valence-electron chi connectivity index (χ1n) is 11.7. The lowest BCUT2D eigenvalue weighted by Crippen LogP contribution is -2.49. The second-order valence-corrected chi connectivity index (χ2v) is 9.90. The molecular weight excluding hydrogens is 484 g/mol. The van der Waals surface area contributed by atoms with E-state index >= 15 is 0 Å². The fourth-order valence-electron chi connectivity index (χ4n) is 4.52. The molecule has 0 spiro atoms. The average Bonchev–Trinajstić information content (AvgIpc) is 3.59. The van der Waals surface area contributed by atoms with Gasteiger partial charge in [-0.05, 0) is 31.9 Å². The number of methoxy groups -OCH3 is 1. The van der Waals surface area contributed by atoms with Gasteiger partial charge < -0.3 is 24.6 Å². The van der Waals surface area contributed by atoms with Crippen molar-refractivity contribution in [1.82, 2.24) is 20.4 Å². The molecule has 36 heavy (non-hydrogen) atoms. The number of aliphatic hydroxyl groups is 1. The Morgan fingerprint density at radius 2 is 2.03 bits per heavy atom. The number of thiazole rings is 1. The Balaban J connectivity index is 1.49. The Hall–Kier alpha value is -3.28. The second-order valence-electron chi connectivity index (χ2n) is 9.05. The highest BCUT2D eigenvalue weighted by Crippen LogP contribution is 2.30. The molecule has 3 N–H and O–H groups in total. The molecular formula is C25H30N4O6S. The Kier molecular flexibility index (Phi) is 7.72. The van der Waals surface area contributed by atoms with Crippen LogP contribution in [0.5, 0.6) is 0 Å². The Bertz CT molecular complexity index is 1270. The van der Waals surface area contributed by atoms with E-state index in [0.29, 0.717) is 0 Å². The largest absolute Gasteiger partial charge is 0.391 e. The van der Waals surface area contributed by atoms with Gasteiger partial charge in [-0.1, -0.05) is 24.3 Å². The molecule has 2 amide bonds. The van der Waals surface area contributed by atoms with E-state index in [2.05, 4.69) is 15.5 Å². The number of hydrogen-bond donors (Lipinski definition) is 3. The molecule has 10 nitrogen and oxygen atoms in total. The first-order chi connectivity index (χ1) is 17.2. The summed E-state index contributed by atoms with van der Waals surface area (Å²) in [5.74, 6) is -1.66. The Morgan fingerprint density at radius 1 is 1.31 bits per heavy atom. The van der Waals surface area contributed by atoms with Crippen LogP contribution in [0.15, 0.2) is 45.2 Å². The molecule has 2 aromatic heterocycles. The smallest absolute Gasteiger partial charge is 0.280 e. The van der Waals surface area contributed by atoms with Crippen molar-refractivity contribution in [3.8, 4) is 10.4 Å². The third-order valence-electron chi connectivity index (χ3n) is 6.60. The number of nitrogens with one attached hydrogen (secondary N) is 2. The molecule has 3 heterocycles. The number of hydrogen-bond acceptors (Lipinski definition) is 8. The normalized spacial score (nSPS) is 20.2. The number of aromatic nitrogens is 2. The van der Waals surface area contributed by atoms with Crippen molar-refractivity contribution in [3.63, 3.8) is 0 Å². The number of carbonyl (C=O) groups excluding carboxylic acids is 2. The van der Waals surface area contributed by atoms with Gasteiger partial charge in [-0.25, -0.2) is 4.98 Å². The molecule has 2 unspecified atom stereocenters. The zero-order valence-corrected chi connectivity index (χ0v) is 21.4. The van der Waals surface area contributed by atoms with Gasteiger partial charge in [0.15, 0.2) is 5.76 Å². The van der Waals surface area contributed by atoms with Gasteiger partial charge in [-0.3, -0.25) is 14.4 Å². The number of carbonyl (C=O) groups is 2. The van der Waals surface area contributed by atoms with E-state index < -0.39 is 35.6 Å².